The molecule has 0 aliphatic rings. The molecule has 1 amide bonds. The van der Waals surface area contributed by atoms with Gasteiger partial charge in [-0.3, -0.25) is 9.89 Å². The van der Waals surface area contributed by atoms with E-state index in [9.17, 15) is 9.18 Å². The third-order valence-corrected chi connectivity index (χ3v) is 4.48. The van der Waals surface area contributed by atoms with Crippen LogP contribution in [0.1, 0.15) is 31.7 Å². The Morgan fingerprint density at radius 2 is 1.96 bits per heavy atom. The molecule has 0 saturated heterocycles. The number of anilines is 1. The minimum absolute atomic E-state index is 0.144. The van der Waals surface area contributed by atoms with Crippen LogP contribution in [0.4, 0.5) is 10.1 Å². The number of hydrogen-bond acceptors (Lipinski definition) is 3. The summed E-state index contributed by atoms with van der Waals surface area (Å²) >= 11 is 0. The zero-order valence-corrected chi connectivity index (χ0v) is 15.3. The van der Waals surface area contributed by atoms with Gasteiger partial charge >= 0.3 is 0 Å². The predicted molar refractivity (Wildman–Crippen MR) is 103 cm³/mol. The summed E-state index contributed by atoms with van der Waals surface area (Å²) in [5, 5.41) is 9.37. The van der Waals surface area contributed by atoms with E-state index in [-0.39, 0.29) is 12.5 Å². The zero-order chi connectivity index (χ0) is 19.2. The second kappa shape index (κ2) is 8.49. The average Bonchev–Trinajstić information content (AvgIpc) is 3.14. The number of rotatable bonds is 7. The van der Waals surface area contributed by atoms with Crippen LogP contribution in [-0.2, 0) is 4.79 Å². The fourth-order valence-corrected chi connectivity index (χ4v) is 2.82. The first-order valence-corrected chi connectivity index (χ1v) is 8.90. The van der Waals surface area contributed by atoms with Crippen molar-refractivity contribution in [1.29, 1.82) is 0 Å². The van der Waals surface area contributed by atoms with E-state index in [1.807, 2.05) is 24.3 Å². The molecule has 0 saturated carbocycles. The fourth-order valence-electron chi connectivity index (χ4n) is 2.82. The van der Waals surface area contributed by atoms with Crippen molar-refractivity contribution < 1.29 is 13.9 Å². The van der Waals surface area contributed by atoms with Crippen LogP contribution in [0, 0.1) is 5.82 Å². The van der Waals surface area contributed by atoms with Gasteiger partial charge in [0.1, 0.15) is 11.6 Å². The zero-order valence-electron chi connectivity index (χ0n) is 15.3. The van der Waals surface area contributed by atoms with Crippen LogP contribution in [0.3, 0.4) is 0 Å². The molecule has 0 aliphatic carbocycles. The summed E-state index contributed by atoms with van der Waals surface area (Å²) in [6, 6.07) is 14.0. The number of carbonyl (C=O) groups excluding carboxylic acids is 1. The average molecular weight is 367 g/mol. The molecule has 1 atom stereocenters. The molecule has 6 heteroatoms. The Balaban J connectivity index is 1.69. The van der Waals surface area contributed by atoms with Crippen molar-refractivity contribution >= 4 is 11.6 Å². The van der Waals surface area contributed by atoms with Crippen LogP contribution < -0.4 is 10.1 Å². The van der Waals surface area contributed by atoms with Gasteiger partial charge in [-0.1, -0.05) is 44.2 Å². The van der Waals surface area contributed by atoms with Gasteiger partial charge < -0.3 is 10.1 Å². The standard InChI is InChI=1S/C21H22FN3O2/c1-3-14(2)15-8-5-7-11-19(15)27-13-20(26)24-18-12-23-25-21(18)16-9-4-6-10-17(16)22/h4-12,14H,3,13H2,1-2H3,(H,23,25)(H,24,26). The van der Waals surface area contributed by atoms with Gasteiger partial charge in [-0.25, -0.2) is 4.39 Å². The molecule has 0 bridgehead atoms. The van der Waals surface area contributed by atoms with Crippen molar-refractivity contribution in [2.24, 2.45) is 0 Å². The summed E-state index contributed by atoms with van der Waals surface area (Å²) < 4.78 is 19.7. The molecule has 1 unspecified atom stereocenters. The first-order chi connectivity index (χ1) is 13.1. The lowest BCUT2D eigenvalue weighted by Gasteiger charge is -2.15. The van der Waals surface area contributed by atoms with Crippen LogP contribution in [0.2, 0.25) is 0 Å². The maximum atomic E-state index is 14.0. The molecule has 0 aliphatic heterocycles. The van der Waals surface area contributed by atoms with Gasteiger partial charge in [0.25, 0.3) is 5.91 Å². The highest BCUT2D eigenvalue weighted by molar-refractivity contribution is 5.95. The molecule has 2 N–H and O–H groups in total. The van der Waals surface area contributed by atoms with Gasteiger partial charge in [0.15, 0.2) is 6.61 Å². The van der Waals surface area contributed by atoms with Crippen LogP contribution in [-0.4, -0.2) is 22.7 Å². The molecular formula is C21H22FN3O2. The topological polar surface area (TPSA) is 67.0 Å². The molecule has 3 aromatic rings. The molecule has 2 aromatic carbocycles. The number of benzene rings is 2. The quantitative estimate of drug-likeness (QED) is 0.633. The Labute approximate surface area is 157 Å². The molecule has 140 valence electrons. The van der Waals surface area contributed by atoms with E-state index in [2.05, 4.69) is 29.4 Å². The normalized spacial score (nSPS) is 11.8. The Morgan fingerprint density at radius 1 is 1.22 bits per heavy atom. The highest BCUT2D eigenvalue weighted by Crippen LogP contribution is 2.29. The molecule has 0 radical (unpaired) electrons. The van der Waals surface area contributed by atoms with Crippen molar-refractivity contribution in [1.82, 2.24) is 10.2 Å². The van der Waals surface area contributed by atoms with E-state index in [0.717, 1.165) is 12.0 Å². The number of aromatic amines is 1. The van der Waals surface area contributed by atoms with Gasteiger partial charge in [0, 0.05) is 5.56 Å². The number of nitrogens with one attached hydrogen (secondary N) is 2. The number of hydrogen-bond donors (Lipinski definition) is 2. The molecule has 27 heavy (non-hydrogen) atoms. The van der Waals surface area contributed by atoms with Crippen molar-refractivity contribution in [3.8, 4) is 17.0 Å². The lowest BCUT2D eigenvalue weighted by Crippen LogP contribution is -2.20. The smallest absolute Gasteiger partial charge is 0.262 e. The fraction of sp³-hybridized carbons (Fsp3) is 0.238. The Bertz CT molecular complexity index is 923. The van der Waals surface area contributed by atoms with Gasteiger partial charge in [0.2, 0.25) is 0 Å². The second-order valence-electron chi connectivity index (χ2n) is 6.32. The van der Waals surface area contributed by atoms with Gasteiger partial charge in [-0.2, -0.15) is 5.10 Å². The molecule has 0 spiro atoms. The van der Waals surface area contributed by atoms with E-state index >= 15 is 0 Å². The molecule has 0 fully saturated rings. The van der Waals surface area contributed by atoms with Crippen LogP contribution in [0.15, 0.2) is 54.7 Å². The maximum Gasteiger partial charge on any atom is 0.262 e. The van der Waals surface area contributed by atoms with Gasteiger partial charge in [0.05, 0.1) is 17.6 Å². The van der Waals surface area contributed by atoms with E-state index in [4.69, 9.17) is 4.74 Å². The third-order valence-electron chi connectivity index (χ3n) is 4.48. The molecule has 3 rings (SSSR count). The summed E-state index contributed by atoms with van der Waals surface area (Å²) in [4.78, 5) is 12.3. The molecular weight excluding hydrogens is 345 g/mol. The monoisotopic (exact) mass is 367 g/mol. The minimum Gasteiger partial charge on any atom is -0.483 e. The summed E-state index contributed by atoms with van der Waals surface area (Å²) in [5.41, 5.74) is 2.24. The van der Waals surface area contributed by atoms with Crippen molar-refractivity contribution in [2.75, 3.05) is 11.9 Å². The first kappa shape index (κ1) is 18.6. The molecule has 1 aromatic heterocycles. The number of halogens is 1. The van der Waals surface area contributed by atoms with E-state index in [0.29, 0.717) is 28.6 Å². The van der Waals surface area contributed by atoms with Crippen LogP contribution in [0.5, 0.6) is 5.75 Å². The maximum absolute atomic E-state index is 14.0. The minimum atomic E-state index is -0.393. The Hall–Kier alpha value is -3.15. The van der Waals surface area contributed by atoms with Crippen molar-refractivity contribution in [3.63, 3.8) is 0 Å². The first-order valence-electron chi connectivity index (χ1n) is 8.90. The van der Waals surface area contributed by atoms with E-state index in [1.54, 1.807) is 18.2 Å². The number of para-hydroxylation sites is 1. The molecule has 1 heterocycles. The van der Waals surface area contributed by atoms with Crippen molar-refractivity contribution in [3.05, 3.63) is 66.1 Å². The lowest BCUT2D eigenvalue weighted by atomic mass is 9.98. The van der Waals surface area contributed by atoms with Crippen molar-refractivity contribution in [2.45, 2.75) is 26.2 Å². The summed E-state index contributed by atoms with van der Waals surface area (Å²) in [7, 11) is 0. The summed E-state index contributed by atoms with van der Waals surface area (Å²) in [6.07, 6.45) is 2.43. The van der Waals surface area contributed by atoms with E-state index in [1.165, 1.54) is 12.3 Å². The Kier molecular flexibility index (Phi) is 5.86. The predicted octanol–water partition coefficient (Wildman–Crippen LogP) is 4.75. The number of carbonyl (C=O) groups is 1. The van der Waals surface area contributed by atoms with E-state index < -0.39 is 5.82 Å². The van der Waals surface area contributed by atoms with Gasteiger partial charge in [-0.15, -0.1) is 0 Å². The summed E-state index contributed by atoms with van der Waals surface area (Å²) in [6.45, 7) is 4.08. The lowest BCUT2D eigenvalue weighted by molar-refractivity contribution is -0.118. The SMILES string of the molecule is CCC(C)c1ccccc1OCC(=O)Nc1cn[nH]c1-c1ccccc1F. The van der Waals surface area contributed by atoms with Crippen LogP contribution in [0.25, 0.3) is 11.3 Å². The summed E-state index contributed by atoms with van der Waals surface area (Å²) in [5.74, 6) is 0.304. The second-order valence-corrected chi connectivity index (χ2v) is 6.32. The highest BCUT2D eigenvalue weighted by Gasteiger charge is 2.15. The molecule has 5 nitrogen and oxygen atoms in total. The number of nitrogens with zero attached hydrogens (tertiary/aromatic N) is 1. The number of H-pyrrole nitrogens is 1. The number of amides is 1. The largest absolute Gasteiger partial charge is 0.483 e. The third kappa shape index (κ3) is 4.34. The van der Waals surface area contributed by atoms with Gasteiger partial charge in [-0.05, 0) is 36.1 Å². The Morgan fingerprint density at radius 3 is 2.74 bits per heavy atom. The highest BCUT2D eigenvalue weighted by atomic mass is 19.1. The number of aromatic nitrogens is 2. The van der Waals surface area contributed by atoms with Crippen LogP contribution >= 0.6 is 0 Å². The number of ether oxygens (including phenoxy) is 1.